The van der Waals surface area contributed by atoms with Crippen molar-refractivity contribution in [1.82, 2.24) is 15.5 Å². The number of carbonyl (C=O) groups is 2. The molecule has 3 fully saturated rings. The number of halogens is 2. The second-order valence-electron chi connectivity index (χ2n) is 9.11. The van der Waals surface area contributed by atoms with Gasteiger partial charge in [0, 0.05) is 23.7 Å². The molecule has 0 radical (unpaired) electrons. The van der Waals surface area contributed by atoms with Crippen molar-refractivity contribution < 1.29 is 23.5 Å². The summed E-state index contributed by atoms with van der Waals surface area (Å²) in [4.78, 5) is 27.2. The second-order valence-corrected chi connectivity index (χ2v) is 9.51. The minimum Gasteiger partial charge on any atom is -0.491 e. The molecular formula is C24H27ClFN3O4. The molecular weight excluding hydrogens is 449 g/mol. The van der Waals surface area contributed by atoms with Crippen LogP contribution in [0.4, 0.5) is 4.39 Å². The van der Waals surface area contributed by atoms with E-state index in [0.29, 0.717) is 37.2 Å². The van der Waals surface area contributed by atoms with E-state index in [9.17, 15) is 14.0 Å². The third kappa shape index (κ3) is 5.23. The zero-order valence-corrected chi connectivity index (χ0v) is 19.4. The van der Waals surface area contributed by atoms with Gasteiger partial charge in [-0.05, 0) is 57.6 Å². The molecule has 0 aliphatic heterocycles. The number of hydrogen-bond donors (Lipinski definition) is 2. The van der Waals surface area contributed by atoms with Crippen molar-refractivity contribution in [3.63, 3.8) is 0 Å². The third-order valence-electron chi connectivity index (χ3n) is 6.00. The van der Waals surface area contributed by atoms with Gasteiger partial charge in [0.25, 0.3) is 11.8 Å². The molecule has 3 aliphatic rings. The van der Waals surface area contributed by atoms with Crippen LogP contribution in [0.5, 0.6) is 11.5 Å². The first kappa shape index (κ1) is 23.3. The predicted molar refractivity (Wildman–Crippen MR) is 122 cm³/mol. The van der Waals surface area contributed by atoms with Gasteiger partial charge in [-0.2, -0.15) is 0 Å². The Kier molecular flexibility index (Phi) is 6.50. The van der Waals surface area contributed by atoms with Crippen molar-refractivity contribution in [2.45, 2.75) is 30.3 Å². The lowest BCUT2D eigenvalue weighted by molar-refractivity contribution is -0.141. The van der Waals surface area contributed by atoms with Crippen molar-refractivity contribution >= 4 is 23.4 Å². The van der Waals surface area contributed by atoms with E-state index in [1.807, 2.05) is 31.1 Å². The number of amides is 2. The summed E-state index contributed by atoms with van der Waals surface area (Å²) >= 11 is 5.64. The summed E-state index contributed by atoms with van der Waals surface area (Å²) in [6, 6.07) is 11.2. The van der Waals surface area contributed by atoms with Crippen molar-refractivity contribution in [3.05, 3.63) is 58.9 Å². The molecule has 33 heavy (non-hydrogen) atoms. The number of rotatable bonds is 10. The van der Waals surface area contributed by atoms with Crippen LogP contribution in [0.2, 0.25) is 5.02 Å². The zero-order chi connectivity index (χ0) is 23.6. The summed E-state index contributed by atoms with van der Waals surface area (Å²) in [7, 11) is 3.92. The van der Waals surface area contributed by atoms with Gasteiger partial charge in [0.2, 0.25) is 0 Å². The Hall–Kier alpha value is -2.84. The van der Waals surface area contributed by atoms with Crippen LogP contribution in [0.25, 0.3) is 0 Å². The summed E-state index contributed by atoms with van der Waals surface area (Å²) in [5.74, 6) is -0.272. The van der Waals surface area contributed by atoms with Crippen molar-refractivity contribution in [2.24, 2.45) is 0 Å². The summed E-state index contributed by atoms with van der Waals surface area (Å²) in [5, 5.41) is 6.09. The zero-order valence-electron chi connectivity index (χ0n) is 18.6. The van der Waals surface area contributed by atoms with Crippen molar-refractivity contribution in [2.75, 3.05) is 33.9 Å². The van der Waals surface area contributed by atoms with Crippen LogP contribution in [-0.4, -0.2) is 61.6 Å². The number of likely N-dealkylation sites (N-methyl/N-ethyl adjacent to an activating group) is 1. The normalized spacial score (nSPS) is 22.7. The quantitative estimate of drug-likeness (QED) is 0.552. The van der Waals surface area contributed by atoms with Crippen LogP contribution in [0.3, 0.4) is 0 Å². The average Bonchev–Trinajstić information content (AvgIpc) is 2.72. The lowest BCUT2D eigenvalue weighted by atomic mass is 9.44. The highest BCUT2D eigenvalue weighted by Crippen LogP contribution is 2.60. The number of benzene rings is 2. The lowest BCUT2D eigenvalue weighted by Crippen LogP contribution is -2.84. The molecule has 2 amide bonds. The SMILES string of the molecule is CN(C)CCOc1ccccc1C(=O)NC12CC(NC(=O)COc3ccc(Cl)c(F)c3)(C1)C2. The molecule has 2 N–H and O–H groups in total. The summed E-state index contributed by atoms with van der Waals surface area (Å²) in [6.07, 6.45) is 1.99. The topological polar surface area (TPSA) is 79.9 Å². The van der Waals surface area contributed by atoms with Gasteiger partial charge < -0.3 is 25.0 Å². The van der Waals surface area contributed by atoms with Gasteiger partial charge >= 0.3 is 0 Å². The maximum atomic E-state index is 13.5. The minimum atomic E-state index is -0.601. The maximum Gasteiger partial charge on any atom is 0.258 e. The largest absolute Gasteiger partial charge is 0.491 e. The van der Waals surface area contributed by atoms with Crippen LogP contribution < -0.4 is 20.1 Å². The summed E-state index contributed by atoms with van der Waals surface area (Å²) in [5.41, 5.74) is -0.121. The molecule has 2 aromatic carbocycles. The first-order valence-corrected chi connectivity index (χ1v) is 11.2. The van der Waals surface area contributed by atoms with Crippen molar-refractivity contribution in [3.8, 4) is 11.5 Å². The Balaban J connectivity index is 1.24. The van der Waals surface area contributed by atoms with E-state index in [2.05, 4.69) is 10.6 Å². The van der Waals surface area contributed by atoms with Crippen LogP contribution >= 0.6 is 11.6 Å². The van der Waals surface area contributed by atoms with Gasteiger partial charge in [-0.15, -0.1) is 0 Å². The lowest BCUT2D eigenvalue weighted by Gasteiger charge is -2.70. The Morgan fingerprint density at radius 1 is 1.06 bits per heavy atom. The Morgan fingerprint density at radius 3 is 2.45 bits per heavy atom. The molecule has 0 saturated heterocycles. The molecule has 3 aliphatic carbocycles. The van der Waals surface area contributed by atoms with Gasteiger partial charge in [-0.3, -0.25) is 9.59 Å². The summed E-state index contributed by atoms with van der Waals surface area (Å²) in [6.45, 7) is 1.01. The first-order valence-electron chi connectivity index (χ1n) is 10.8. The molecule has 0 heterocycles. The number of nitrogens with zero attached hydrogens (tertiary/aromatic N) is 1. The van der Waals surface area contributed by atoms with Crippen LogP contribution in [0, 0.1) is 5.82 Å². The van der Waals surface area contributed by atoms with Crippen LogP contribution in [0.1, 0.15) is 29.6 Å². The number of hydrogen-bond acceptors (Lipinski definition) is 5. The predicted octanol–water partition coefficient (Wildman–Crippen LogP) is 3.02. The Labute approximate surface area is 197 Å². The van der Waals surface area contributed by atoms with Gasteiger partial charge in [0.15, 0.2) is 6.61 Å². The van der Waals surface area contributed by atoms with Gasteiger partial charge in [-0.25, -0.2) is 4.39 Å². The van der Waals surface area contributed by atoms with Crippen LogP contribution in [0.15, 0.2) is 42.5 Å². The standard InChI is InChI=1S/C24H27ClFN3O4/c1-29(2)9-10-32-20-6-4-3-5-17(20)22(31)28-24-13-23(14-24,15-24)27-21(30)12-33-16-7-8-18(25)19(26)11-16/h3-8,11H,9-10,12-15H2,1-2H3,(H,27,30)(H,28,31). The van der Waals surface area contributed by atoms with Gasteiger partial charge in [-0.1, -0.05) is 23.7 Å². The fourth-order valence-corrected chi connectivity index (χ4v) is 4.64. The van der Waals surface area contributed by atoms with E-state index in [1.54, 1.807) is 12.1 Å². The number of ether oxygens (including phenoxy) is 2. The second kappa shape index (κ2) is 9.19. The fraction of sp³-hybridized carbons (Fsp3) is 0.417. The van der Waals surface area contributed by atoms with Crippen molar-refractivity contribution in [1.29, 1.82) is 0 Å². The highest BCUT2D eigenvalue weighted by Gasteiger charge is 2.69. The number of carbonyl (C=O) groups excluding carboxylic acids is 2. The molecule has 176 valence electrons. The highest BCUT2D eigenvalue weighted by molar-refractivity contribution is 6.30. The van der Waals surface area contributed by atoms with E-state index in [0.717, 1.165) is 12.6 Å². The monoisotopic (exact) mass is 475 g/mol. The minimum absolute atomic E-state index is 0.00392. The number of para-hydroxylation sites is 1. The molecule has 5 rings (SSSR count). The molecule has 0 unspecified atom stereocenters. The summed E-state index contributed by atoms with van der Waals surface area (Å²) < 4.78 is 24.6. The molecule has 9 heteroatoms. The van der Waals surface area contributed by atoms with E-state index < -0.39 is 5.82 Å². The molecule has 0 aromatic heterocycles. The molecule has 0 spiro atoms. The van der Waals surface area contributed by atoms with E-state index in [4.69, 9.17) is 21.1 Å². The van der Waals surface area contributed by atoms with E-state index in [-0.39, 0.29) is 40.3 Å². The smallest absolute Gasteiger partial charge is 0.258 e. The molecule has 2 bridgehead atoms. The van der Waals surface area contributed by atoms with Gasteiger partial charge in [0.05, 0.1) is 10.6 Å². The Morgan fingerprint density at radius 2 is 1.76 bits per heavy atom. The third-order valence-corrected chi connectivity index (χ3v) is 6.31. The molecule has 2 aromatic rings. The Bertz CT molecular complexity index is 1040. The molecule has 0 atom stereocenters. The molecule has 7 nitrogen and oxygen atoms in total. The first-order chi connectivity index (χ1) is 15.7. The van der Waals surface area contributed by atoms with E-state index >= 15 is 0 Å². The fourth-order valence-electron chi connectivity index (χ4n) is 4.53. The van der Waals surface area contributed by atoms with Crippen LogP contribution in [-0.2, 0) is 4.79 Å². The maximum absolute atomic E-state index is 13.5. The molecule has 3 saturated carbocycles. The highest BCUT2D eigenvalue weighted by atomic mass is 35.5. The van der Waals surface area contributed by atoms with E-state index in [1.165, 1.54) is 12.1 Å². The number of nitrogens with one attached hydrogen (secondary N) is 2. The average molecular weight is 476 g/mol. The van der Waals surface area contributed by atoms with Gasteiger partial charge in [0.1, 0.15) is 23.9 Å².